The summed E-state index contributed by atoms with van der Waals surface area (Å²) in [6.45, 7) is 6.74. The van der Waals surface area contributed by atoms with Gasteiger partial charge in [0, 0.05) is 7.14 Å². The lowest BCUT2D eigenvalue weighted by atomic mass is 10.3. The van der Waals surface area contributed by atoms with Crippen molar-refractivity contribution in [2.24, 2.45) is 0 Å². The number of rotatable bonds is 0. The zero-order valence-electron chi connectivity index (χ0n) is 5.31. The van der Waals surface area contributed by atoms with Crippen molar-refractivity contribution in [1.29, 1.82) is 0 Å². The van der Waals surface area contributed by atoms with E-state index < -0.39 is 0 Å². The van der Waals surface area contributed by atoms with Crippen molar-refractivity contribution in [2.45, 2.75) is 0 Å². The molecule has 0 atom stereocenters. The second kappa shape index (κ2) is 3.58. The van der Waals surface area contributed by atoms with Crippen LogP contribution in [0.1, 0.15) is 0 Å². The largest absolute Gasteiger partial charge is 0.506 e. The molecule has 0 spiro atoms. The Hall–Kier alpha value is -0.0300. The Bertz CT molecular complexity index is 307. The van der Waals surface area contributed by atoms with Crippen LogP contribution in [0.2, 0.25) is 0 Å². The van der Waals surface area contributed by atoms with Gasteiger partial charge >= 0.3 is 0 Å². The van der Waals surface area contributed by atoms with Crippen LogP contribution in [0.15, 0.2) is 12.1 Å². The molecule has 1 rings (SSSR count). The van der Waals surface area contributed by atoms with Crippen molar-refractivity contribution < 1.29 is 5.11 Å². The number of nitrogens with zero attached hydrogens (tertiary/aromatic N) is 1. The number of halogens is 2. The standard InChI is InChI=1S/C7H3I2NO/c1-10-4-2-5(8)7(11)6(9)3-4/h2-3,11H. The summed E-state index contributed by atoms with van der Waals surface area (Å²) in [6.07, 6.45) is 0. The van der Waals surface area contributed by atoms with E-state index in [1.165, 1.54) is 0 Å². The number of hydrogen-bond acceptors (Lipinski definition) is 1. The maximum absolute atomic E-state index is 9.31. The normalized spacial score (nSPS) is 9.18. The van der Waals surface area contributed by atoms with E-state index in [2.05, 4.69) is 4.85 Å². The average Bonchev–Trinajstić information content (AvgIpc) is 1.99. The summed E-state index contributed by atoms with van der Waals surface area (Å²) in [5, 5.41) is 9.31. The molecule has 1 aromatic carbocycles. The molecule has 11 heavy (non-hydrogen) atoms. The van der Waals surface area contributed by atoms with Gasteiger partial charge < -0.3 is 5.11 Å². The summed E-state index contributed by atoms with van der Waals surface area (Å²) in [7, 11) is 0. The van der Waals surface area contributed by atoms with E-state index >= 15 is 0 Å². The van der Waals surface area contributed by atoms with E-state index in [1.54, 1.807) is 12.1 Å². The van der Waals surface area contributed by atoms with Gasteiger partial charge in [0.25, 0.3) is 0 Å². The highest BCUT2D eigenvalue weighted by atomic mass is 127. The molecule has 4 heteroatoms. The highest BCUT2D eigenvalue weighted by Crippen LogP contribution is 2.30. The van der Waals surface area contributed by atoms with Crippen LogP contribution in [0, 0.1) is 13.7 Å². The molecule has 0 aliphatic carbocycles. The van der Waals surface area contributed by atoms with Gasteiger partial charge in [-0.1, -0.05) is 0 Å². The van der Waals surface area contributed by atoms with Crippen molar-refractivity contribution >= 4 is 50.9 Å². The Morgan fingerprint density at radius 3 is 2.09 bits per heavy atom. The van der Waals surface area contributed by atoms with E-state index in [4.69, 9.17) is 6.57 Å². The highest BCUT2D eigenvalue weighted by Gasteiger charge is 2.04. The molecule has 0 radical (unpaired) electrons. The smallest absolute Gasteiger partial charge is 0.189 e. The third-order valence-corrected chi connectivity index (χ3v) is 2.78. The Kier molecular flexibility index (Phi) is 2.95. The van der Waals surface area contributed by atoms with Gasteiger partial charge in [-0.2, -0.15) is 0 Å². The summed E-state index contributed by atoms with van der Waals surface area (Å²) < 4.78 is 1.45. The van der Waals surface area contributed by atoms with Gasteiger partial charge in [0.15, 0.2) is 5.69 Å². The van der Waals surface area contributed by atoms with Crippen LogP contribution in [0.5, 0.6) is 5.75 Å². The second-order valence-electron chi connectivity index (χ2n) is 1.87. The first kappa shape index (κ1) is 9.06. The first-order valence-electron chi connectivity index (χ1n) is 2.70. The summed E-state index contributed by atoms with van der Waals surface area (Å²) in [6, 6.07) is 3.32. The first-order chi connectivity index (χ1) is 5.15. The minimum atomic E-state index is 0.263. The molecule has 0 aliphatic heterocycles. The van der Waals surface area contributed by atoms with Gasteiger partial charge in [0.1, 0.15) is 5.75 Å². The predicted octanol–water partition coefficient (Wildman–Crippen LogP) is 3.15. The molecule has 0 fully saturated rings. The second-order valence-corrected chi connectivity index (χ2v) is 4.19. The van der Waals surface area contributed by atoms with Gasteiger partial charge in [0.05, 0.1) is 6.57 Å². The molecular weight excluding hydrogens is 368 g/mol. The van der Waals surface area contributed by atoms with Crippen LogP contribution in [-0.4, -0.2) is 5.11 Å². The topological polar surface area (TPSA) is 24.6 Å². The summed E-state index contributed by atoms with van der Waals surface area (Å²) in [4.78, 5) is 3.26. The molecular formula is C7H3I2NO. The van der Waals surface area contributed by atoms with Crippen LogP contribution >= 0.6 is 45.2 Å². The molecule has 0 saturated carbocycles. The summed E-state index contributed by atoms with van der Waals surface area (Å²) >= 11 is 4.00. The zero-order valence-corrected chi connectivity index (χ0v) is 9.62. The maximum Gasteiger partial charge on any atom is 0.189 e. The molecule has 0 amide bonds. The number of phenolic OH excluding ortho intramolecular Hbond substituents is 1. The fraction of sp³-hybridized carbons (Fsp3) is 0. The van der Waals surface area contributed by atoms with Crippen molar-refractivity contribution in [3.05, 3.63) is 30.7 Å². The van der Waals surface area contributed by atoms with Crippen LogP contribution in [0.3, 0.4) is 0 Å². The molecule has 0 aliphatic rings. The first-order valence-corrected chi connectivity index (χ1v) is 4.86. The maximum atomic E-state index is 9.31. The molecule has 1 N–H and O–H groups in total. The predicted molar refractivity (Wildman–Crippen MR) is 59.8 cm³/mol. The van der Waals surface area contributed by atoms with Gasteiger partial charge in [-0.15, -0.1) is 0 Å². The summed E-state index contributed by atoms with van der Waals surface area (Å²) in [5.41, 5.74) is 0.566. The van der Waals surface area contributed by atoms with E-state index in [9.17, 15) is 5.11 Å². The Morgan fingerprint density at radius 1 is 1.27 bits per heavy atom. The molecule has 56 valence electrons. The molecule has 0 saturated heterocycles. The minimum absolute atomic E-state index is 0.263. The average molecular weight is 371 g/mol. The van der Waals surface area contributed by atoms with E-state index in [1.807, 2.05) is 45.2 Å². The zero-order chi connectivity index (χ0) is 8.43. The van der Waals surface area contributed by atoms with E-state index in [0.29, 0.717) is 5.69 Å². The molecule has 0 unspecified atom stereocenters. The van der Waals surface area contributed by atoms with Crippen molar-refractivity contribution in [3.63, 3.8) is 0 Å². The third kappa shape index (κ3) is 1.96. The van der Waals surface area contributed by atoms with Gasteiger partial charge in [-0.05, 0) is 57.3 Å². The number of phenols is 1. The van der Waals surface area contributed by atoms with Crippen LogP contribution in [-0.2, 0) is 0 Å². The van der Waals surface area contributed by atoms with Crippen molar-refractivity contribution in [1.82, 2.24) is 0 Å². The monoisotopic (exact) mass is 371 g/mol. The number of hydrogen-bond donors (Lipinski definition) is 1. The van der Waals surface area contributed by atoms with Crippen LogP contribution in [0.4, 0.5) is 5.69 Å². The minimum Gasteiger partial charge on any atom is -0.506 e. The molecule has 0 bridgehead atoms. The quantitative estimate of drug-likeness (QED) is 0.550. The van der Waals surface area contributed by atoms with Crippen molar-refractivity contribution in [3.8, 4) is 5.75 Å². The molecule has 0 aromatic heterocycles. The van der Waals surface area contributed by atoms with Crippen LogP contribution in [0.25, 0.3) is 4.85 Å². The molecule has 1 aromatic rings. The number of benzene rings is 1. The fourth-order valence-electron chi connectivity index (χ4n) is 0.617. The van der Waals surface area contributed by atoms with E-state index in [0.717, 1.165) is 7.14 Å². The Labute approximate surface area is 91.7 Å². The summed E-state index contributed by atoms with van der Waals surface area (Å²) in [5.74, 6) is 0.263. The molecule has 2 nitrogen and oxygen atoms in total. The van der Waals surface area contributed by atoms with Crippen LogP contribution < -0.4 is 0 Å². The SMILES string of the molecule is [C-]#[N+]c1cc(I)c(O)c(I)c1. The van der Waals surface area contributed by atoms with Gasteiger partial charge in [-0.25, -0.2) is 4.85 Å². The van der Waals surface area contributed by atoms with Gasteiger partial charge in [-0.3, -0.25) is 0 Å². The van der Waals surface area contributed by atoms with Crippen molar-refractivity contribution in [2.75, 3.05) is 0 Å². The lowest BCUT2D eigenvalue weighted by molar-refractivity contribution is 0.468. The van der Waals surface area contributed by atoms with Gasteiger partial charge in [0.2, 0.25) is 0 Å². The fourth-order valence-corrected chi connectivity index (χ4v) is 2.35. The highest BCUT2D eigenvalue weighted by molar-refractivity contribution is 14.1. The Balaban J connectivity index is 3.35. The molecule has 0 heterocycles. The van der Waals surface area contributed by atoms with E-state index in [-0.39, 0.29) is 5.75 Å². The number of aromatic hydroxyl groups is 1. The lowest BCUT2D eigenvalue weighted by Gasteiger charge is -1.99. The third-order valence-electron chi connectivity index (χ3n) is 1.13. The lowest BCUT2D eigenvalue weighted by Crippen LogP contribution is -1.77. The Morgan fingerprint density at radius 2 is 1.73 bits per heavy atom.